The van der Waals surface area contributed by atoms with Gasteiger partial charge in [-0.05, 0) is 12.1 Å². The second-order valence-electron chi connectivity index (χ2n) is 4.05. The summed E-state index contributed by atoms with van der Waals surface area (Å²) in [4.78, 5) is 0. The van der Waals surface area contributed by atoms with Gasteiger partial charge in [-0.15, -0.1) is 5.10 Å². The molecule has 0 aliphatic rings. The van der Waals surface area contributed by atoms with Crippen molar-refractivity contribution in [2.75, 3.05) is 5.73 Å². The van der Waals surface area contributed by atoms with E-state index < -0.39 is 6.10 Å². The number of nitrogens with one attached hydrogen (secondary N) is 1. The fourth-order valence-corrected chi connectivity index (χ4v) is 1.88. The third-order valence-electron chi connectivity index (χ3n) is 2.85. The molecular formula is C12H12N6O. The van der Waals surface area contributed by atoms with Crippen LogP contribution in [0.5, 0.6) is 0 Å². The van der Waals surface area contributed by atoms with Gasteiger partial charge in [-0.2, -0.15) is 5.10 Å². The zero-order valence-corrected chi connectivity index (χ0v) is 9.93. The number of aliphatic hydroxyl groups excluding tert-OH is 1. The van der Waals surface area contributed by atoms with Crippen LogP contribution < -0.4 is 5.73 Å². The first-order valence-corrected chi connectivity index (χ1v) is 5.70. The highest BCUT2D eigenvalue weighted by Gasteiger charge is 2.20. The van der Waals surface area contributed by atoms with Crippen molar-refractivity contribution in [2.45, 2.75) is 6.10 Å². The Morgan fingerprint density at radius 1 is 1.21 bits per heavy atom. The summed E-state index contributed by atoms with van der Waals surface area (Å²) in [6.07, 6.45) is 2.06. The summed E-state index contributed by atoms with van der Waals surface area (Å²) in [7, 11) is 0. The molecule has 0 aliphatic carbocycles. The number of anilines is 1. The molecule has 3 rings (SSSR count). The number of benzene rings is 1. The molecule has 4 N–H and O–H groups in total. The van der Waals surface area contributed by atoms with Gasteiger partial charge in [0.2, 0.25) is 0 Å². The SMILES string of the molecule is Nc1[nH]ncc1C(O)c1cnnn1-c1ccccc1. The summed E-state index contributed by atoms with van der Waals surface area (Å²) in [5, 5.41) is 24.6. The highest BCUT2D eigenvalue weighted by molar-refractivity contribution is 5.43. The molecule has 7 nitrogen and oxygen atoms in total. The summed E-state index contributed by atoms with van der Waals surface area (Å²) in [6.45, 7) is 0. The van der Waals surface area contributed by atoms with E-state index in [1.165, 1.54) is 12.4 Å². The van der Waals surface area contributed by atoms with Crippen molar-refractivity contribution in [1.82, 2.24) is 25.2 Å². The molecule has 0 amide bonds. The second kappa shape index (κ2) is 4.54. The zero-order valence-electron chi connectivity index (χ0n) is 9.93. The Bertz CT molecular complexity index is 674. The fraction of sp³-hybridized carbons (Fsp3) is 0.0833. The zero-order chi connectivity index (χ0) is 13.2. The van der Waals surface area contributed by atoms with Crippen LogP contribution in [0.1, 0.15) is 17.4 Å². The molecule has 96 valence electrons. The molecule has 2 heterocycles. The van der Waals surface area contributed by atoms with Gasteiger partial charge in [0, 0.05) is 5.56 Å². The predicted octanol–water partition coefficient (Wildman–Crippen LogP) is 0.654. The van der Waals surface area contributed by atoms with E-state index in [9.17, 15) is 5.11 Å². The molecular weight excluding hydrogens is 244 g/mol. The van der Waals surface area contributed by atoms with Crippen LogP contribution >= 0.6 is 0 Å². The van der Waals surface area contributed by atoms with E-state index in [0.29, 0.717) is 17.1 Å². The molecule has 1 aromatic carbocycles. The van der Waals surface area contributed by atoms with Crippen LogP contribution in [0.3, 0.4) is 0 Å². The van der Waals surface area contributed by atoms with E-state index in [2.05, 4.69) is 20.5 Å². The number of aliphatic hydroxyl groups is 1. The third-order valence-corrected chi connectivity index (χ3v) is 2.85. The quantitative estimate of drug-likeness (QED) is 0.638. The van der Waals surface area contributed by atoms with Gasteiger partial charge in [0.25, 0.3) is 0 Å². The van der Waals surface area contributed by atoms with Crippen LogP contribution in [-0.4, -0.2) is 30.3 Å². The van der Waals surface area contributed by atoms with Crippen molar-refractivity contribution < 1.29 is 5.11 Å². The summed E-state index contributed by atoms with van der Waals surface area (Å²) < 4.78 is 1.57. The van der Waals surface area contributed by atoms with Gasteiger partial charge in [-0.1, -0.05) is 23.4 Å². The standard InChI is InChI=1S/C12H12N6O/c13-12-9(6-14-16-12)11(19)10-7-15-17-18(10)8-4-2-1-3-5-8/h1-7,11,19H,(H3,13,14,16). The van der Waals surface area contributed by atoms with Gasteiger partial charge in [0.15, 0.2) is 0 Å². The number of para-hydroxylation sites is 1. The summed E-state index contributed by atoms with van der Waals surface area (Å²) >= 11 is 0. The van der Waals surface area contributed by atoms with Crippen molar-refractivity contribution in [3.63, 3.8) is 0 Å². The van der Waals surface area contributed by atoms with E-state index in [1.54, 1.807) is 4.68 Å². The molecule has 0 fully saturated rings. The third kappa shape index (κ3) is 1.95. The number of nitrogens with zero attached hydrogens (tertiary/aromatic N) is 4. The predicted molar refractivity (Wildman–Crippen MR) is 68.4 cm³/mol. The lowest BCUT2D eigenvalue weighted by molar-refractivity contribution is 0.213. The molecule has 1 unspecified atom stereocenters. The molecule has 0 spiro atoms. The van der Waals surface area contributed by atoms with E-state index in [-0.39, 0.29) is 0 Å². The van der Waals surface area contributed by atoms with Gasteiger partial charge < -0.3 is 10.8 Å². The molecule has 0 aliphatic heterocycles. The number of aromatic nitrogens is 5. The average Bonchev–Trinajstić information content (AvgIpc) is 3.07. The summed E-state index contributed by atoms with van der Waals surface area (Å²) in [5.74, 6) is 0.327. The van der Waals surface area contributed by atoms with Gasteiger partial charge in [0.05, 0.1) is 23.8 Å². The Kier molecular flexibility index (Phi) is 2.73. The maximum absolute atomic E-state index is 10.4. The highest BCUT2D eigenvalue weighted by atomic mass is 16.3. The van der Waals surface area contributed by atoms with Crippen LogP contribution in [0, 0.1) is 0 Å². The minimum atomic E-state index is -0.936. The average molecular weight is 256 g/mol. The monoisotopic (exact) mass is 256 g/mol. The summed E-state index contributed by atoms with van der Waals surface area (Å²) in [5.41, 5.74) is 7.55. The molecule has 0 radical (unpaired) electrons. The first kappa shape index (κ1) is 11.4. The van der Waals surface area contributed by atoms with Gasteiger partial charge in [-0.3, -0.25) is 5.10 Å². The fourth-order valence-electron chi connectivity index (χ4n) is 1.88. The minimum absolute atomic E-state index is 0.327. The number of nitrogens with two attached hydrogens (primary N) is 1. The number of nitrogen functional groups attached to an aromatic ring is 1. The Morgan fingerprint density at radius 3 is 2.68 bits per heavy atom. The smallest absolute Gasteiger partial charge is 0.128 e. The van der Waals surface area contributed by atoms with E-state index in [4.69, 9.17) is 5.73 Å². The number of hydrogen-bond donors (Lipinski definition) is 3. The van der Waals surface area contributed by atoms with Crippen LogP contribution in [-0.2, 0) is 0 Å². The Hall–Kier alpha value is -2.67. The van der Waals surface area contributed by atoms with Gasteiger partial charge in [-0.25, -0.2) is 4.68 Å². The molecule has 0 saturated carbocycles. The lowest BCUT2D eigenvalue weighted by Crippen LogP contribution is -2.09. The van der Waals surface area contributed by atoms with Crippen molar-refractivity contribution in [2.24, 2.45) is 0 Å². The Labute approximate surface area is 108 Å². The first-order chi connectivity index (χ1) is 9.27. The van der Waals surface area contributed by atoms with Crippen molar-refractivity contribution in [3.8, 4) is 5.69 Å². The Morgan fingerprint density at radius 2 is 2.00 bits per heavy atom. The molecule has 0 saturated heterocycles. The molecule has 2 aromatic heterocycles. The van der Waals surface area contributed by atoms with Crippen LogP contribution in [0.2, 0.25) is 0 Å². The van der Waals surface area contributed by atoms with Crippen LogP contribution in [0.15, 0.2) is 42.7 Å². The lowest BCUT2D eigenvalue weighted by Gasteiger charge is -2.11. The van der Waals surface area contributed by atoms with E-state index in [1.807, 2.05) is 30.3 Å². The van der Waals surface area contributed by atoms with Gasteiger partial charge in [0.1, 0.15) is 11.9 Å². The first-order valence-electron chi connectivity index (χ1n) is 5.70. The second-order valence-corrected chi connectivity index (χ2v) is 4.05. The largest absolute Gasteiger partial charge is 0.384 e. The number of rotatable bonds is 3. The van der Waals surface area contributed by atoms with Crippen molar-refractivity contribution >= 4 is 5.82 Å². The number of aromatic amines is 1. The normalized spacial score (nSPS) is 12.5. The van der Waals surface area contributed by atoms with Crippen molar-refractivity contribution in [3.05, 3.63) is 54.0 Å². The molecule has 0 bridgehead atoms. The van der Waals surface area contributed by atoms with Crippen LogP contribution in [0.4, 0.5) is 5.82 Å². The molecule has 3 aromatic rings. The molecule has 19 heavy (non-hydrogen) atoms. The Balaban J connectivity index is 2.04. The molecule has 7 heteroatoms. The maximum atomic E-state index is 10.4. The minimum Gasteiger partial charge on any atom is -0.384 e. The van der Waals surface area contributed by atoms with Crippen molar-refractivity contribution in [1.29, 1.82) is 0 Å². The number of H-pyrrole nitrogens is 1. The topological polar surface area (TPSA) is 106 Å². The van der Waals surface area contributed by atoms with E-state index >= 15 is 0 Å². The molecule has 1 atom stereocenters. The summed E-state index contributed by atoms with van der Waals surface area (Å²) in [6, 6.07) is 9.44. The van der Waals surface area contributed by atoms with Gasteiger partial charge >= 0.3 is 0 Å². The van der Waals surface area contributed by atoms with Crippen LogP contribution in [0.25, 0.3) is 5.69 Å². The lowest BCUT2D eigenvalue weighted by atomic mass is 10.1. The van der Waals surface area contributed by atoms with E-state index in [0.717, 1.165) is 5.69 Å². The maximum Gasteiger partial charge on any atom is 0.128 e. The highest BCUT2D eigenvalue weighted by Crippen LogP contribution is 2.25. The number of hydrogen-bond acceptors (Lipinski definition) is 5.